The molecule has 0 spiro atoms. The molecule has 0 bridgehead atoms. The summed E-state index contributed by atoms with van der Waals surface area (Å²) in [5, 5.41) is 3.06. The van der Waals surface area contributed by atoms with Crippen molar-refractivity contribution in [1.29, 1.82) is 0 Å². The Labute approximate surface area is 187 Å². The van der Waals surface area contributed by atoms with Crippen molar-refractivity contribution >= 4 is 11.6 Å². The van der Waals surface area contributed by atoms with Gasteiger partial charge in [0.05, 0.1) is 0 Å². The maximum absolute atomic E-state index is 12.7. The van der Waals surface area contributed by atoms with Gasteiger partial charge < -0.3 is 15.0 Å². The first-order chi connectivity index (χ1) is 15.1. The average molecular weight is 421 g/mol. The third-order valence-corrected chi connectivity index (χ3v) is 6.69. The Morgan fingerprint density at radius 2 is 1.87 bits per heavy atom. The van der Waals surface area contributed by atoms with Gasteiger partial charge in [0.2, 0.25) is 0 Å². The predicted molar refractivity (Wildman–Crippen MR) is 127 cm³/mol. The molecule has 1 aliphatic carbocycles. The molecular formula is C27H36N2O2. The quantitative estimate of drug-likeness (QED) is 0.663. The highest BCUT2D eigenvalue weighted by Gasteiger charge is 2.20. The van der Waals surface area contributed by atoms with Crippen molar-refractivity contribution in [2.75, 3.05) is 18.0 Å². The van der Waals surface area contributed by atoms with Crippen LogP contribution in [-0.4, -0.2) is 25.1 Å². The number of anilines is 1. The standard InChI is InChI=1S/C27H36N2O2/c1-3-26(31-25-15-12-22-8-4-5-9-23(22)17-25)27(30)28-18-21-10-13-24(14-11-21)29-16-6-7-20(2)19-29/h10-15,17,20,26H,3-9,16,18-19H2,1-2H3,(H,28,30)/t20-,26-/m1/s1. The second-order valence-electron chi connectivity index (χ2n) is 9.23. The molecule has 0 radical (unpaired) electrons. The van der Waals surface area contributed by atoms with Crippen LogP contribution in [-0.2, 0) is 24.2 Å². The van der Waals surface area contributed by atoms with Gasteiger partial charge >= 0.3 is 0 Å². The Balaban J connectivity index is 1.30. The van der Waals surface area contributed by atoms with Gasteiger partial charge in [-0.05, 0) is 91.8 Å². The predicted octanol–water partition coefficient (Wildman–Crippen LogP) is 5.28. The molecule has 4 heteroatoms. The summed E-state index contributed by atoms with van der Waals surface area (Å²) in [4.78, 5) is 15.2. The number of piperidine rings is 1. The van der Waals surface area contributed by atoms with Crippen LogP contribution in [0.3, 0.4) is 0 Å². The molecular weight excluding hydrogens is 384 g/mol. The van der Waals surface area contributed by atoms with E-state index in [-0.39, 0.29) is 5.91 Å². The van der Waals surface area contributed by atoms with Gasteiger partial charge in [-0.25, -0.2) is 0 Å². The summed E-state index contributed by atoms with van der Waals surface area (Å²) in [6.07, 6.45) is 7.55. The summed E-state index contributed by atoms with van der Waals surface area (Å²) in [6, 6.07) is 14.9. The van der Waals surface area contributed by atoms with Crippen molar-refractivity contribution in [2.24, 2.45) is 5.92 Å². The Hall–Kier alpha value is -2.49. The van der Waals surface area contributed by atoms with E-state index in [1.54, 1.807) is 0 Å². The van der Waals surface area contributed by atoms with Crippen molar-refractivity contribution in [1.82, 2.24) is 5.32 Å². The van der Waals surface area contributed by atoms with Crippen LogP contribution in [0.5, 0.6) is 5.75 Å². The van der Waals surface area contributed by atoms with E-state index in [9.17, 15) is 4.79 Å². The first-order valence-corrected chi connectivity index (χ1v) is 12.0. The third kappa shape index (κ3) is 5.61. The summed E-state index contributed by atoms with van der Waals surface area (Å²) < 4.78 is 6.07. The number of hydrogen-bond donors (Lipinski definition) is 1. The Morgan fingerprint density at radius 1 is 1.10 bits per heavy atom. The van der Waals surface area contributed by atoms with Gasteiger partial charge in [0.1, 0.15) is 5.75 Å². The lowest BCUT2D eigenvalue weighted by Gasteiger charge is -2.32. The molecule has 4 nitrogen and oxygen atoms in total. The maximum atomic E-state index is 12.7. The molecule has 2 aliphatic rings. The van der Waals surface area contributed by atoms with Crippen LogP contribution in [0.15, 0.2) is 42.5 Å². The summed E-state index contributed by atoms with van der Waals surface area (Å²) in [6.45, 7) is 7.12. The van der Waals surface area contributed by atoms with Crippen LogP contribution >= 0.6 is 0 Å². The van der Waals surface area contributed by atoms with E-state index in [4.69, 9.17) is 4.74 Å². The zero-order valence-electron chi connectivity index (χ0n) is 19.0. The number of nitrogens with zero attached hydrogens (tertiary/aromatic N) is 1. The SMILES string of the molecule is CC[C@@H](Oc1ccc2c(c1)CCCC2)C(=O)NCc1ccc(N2CCC[C@@H](C)C2)cc1. The van der Waals surface area contributed by atoms with Crippen LogP contribution in [0.25, 0.3) is 0 Å². The number of hydrogen-bond acceptors (Lipinski definition) is 3. The van der Waals surface area contributed by atoms with Crippen LogP contribution in [0.2, 0.25) is 0 Å². The van der Waals surface area contributed by atoms with E-state index < -0.39 is 6.10 Å². The molecule has 0 unspecified atom stereocenters. The molecule has 4 rings (SSSR count). The first-order valence-electron chi connectivity index (χ1n) is 12.0. The van der Waals surface area contributed by atoms with E-state index in [2.05, 4.69) is 53.5 Å². The number of amides is 1. The van der Waals surface area contributed by atoms with Crippen molar-refractivity contribution < 1.29 is 9.53 Å². The molecule has 1 heterocycles. The fraction of sp³-hybridized carbons (Fsp3) is 0.519. The van der Waals surface area contributed by atoms with Gasteiger partial charge in [-0.15, -0.1) is 0 Å². The Kier molecular flexibility index (Phi) is 7.16. The van der Waals surface area contributed by atoms with Gasteiger partial charge in [0, 0.05) is 25.3 Å². The molecule has 0 aromatic heterocycles. The lowest BCUT2D eigenvalue weighted by atomic mass is 9.92. The summed E-state index contributed by atoms with van der Waals surface area (Å²) in [5.41, 5.74) is 5.20. The smallest absolute Gasteiger partial charge is 0.261 e. The number of carbonyl (C=O) groups is 1. The van der Waals surface area contributed by atoms with Gasteiger partial charge in [-0.1, -0.05) is 32.0 Å². The lowest BCUT2D eigenvalue weighted by molar-refractivity contribution is -0.128. The second kappa shape index (κ2) is 10.2. The van der Waals surface area contributed by atoms with E-state index in [1.807, 2.05) is 13.0 Å². The van der Waals surface area contributed by atoms with Crippen molar-refractivity contribution in [3.8, 4) is 5.75 Å². The molecule has 1 amide bonds. The monoisotopic (exact) mass is 420 g/mol. The minimum atomic E-state index is -0.462. The average Bonchev–Trinajstić information content (AvgIpc) is 2.81. The number of carbonyl (C=O) groups excluding carboxylic acids is 1. The van der Waals surface area contributed by atoms with Crippen molar-refractivity contribution in [3.63, 3.8) is 0 Å². The molecule has 2 aromatic carbocycles. The summed E-state index contributed by atoms with van der Waals surface area (Å²) >= 11 is 0. The number of nitrogens with one attached hydrogen (secondary N) is 1. The fourth-order valence-corrected chi connectivity index (χ4v) is 4.82. The molecule has 31 heavy (non-hydrogen) atoms. The molecule has 1 saturated heterocycles. The molecule has 1 fully saturated rings. The summed E-state index contributed by atoms with van der Waals surface area (Å²) in [7, 11) is 0. The Morgan fingerprint density at radius 3 is 2.61 bits per heavy atom. The molecule has 0 saturated carbocycles. The van der Waals surface area contributed by atoms with Crippen LogP contribution < -0.4 is 15.0 Å². The van der Waals surface area contributed by atoms with Gasteiger partial charge in [-0.3, -0.25) is 4.79 Å². The second-order valence-corrected chi connectivity index (χ2v) is 9.23. The van der Waals surface area contributed by atoms with Crippen molar-refractivity contribution in [3.05, 3.63) is 59.2 Å². The summed E-state index contributed by atoms with van der Waals surface area (Å²) in [5.74, 6) is 1.52. The highest BCUT2D eigenvalue weighted by molar-refractivity contribution is 5.81. The van der Waals surface area contributed by atoms with Crippen LogP contribution in [0, 0.1) is 5.92 Å². The number of ether oxygens (including phenoxy) is 1. The van der Waals surface area contributed by atoms with Crippen LogP contribution in [0.4, 0.5) is 5.69 Å². The van der Waals surface area contributed by atoms with Gasteiger partial charge in [0.25, 0.3) is 5.91 Å². The highest BCUT2D eigenvalue weighted by atomic mass is 16.5. The Bertz CT molecular complexity index is 877. The molecule has 2 atom stereocenters. The number of benzene rings is 2. The van der Waals surface area contributed by atoms with E-state index in [0.29, 0.717) is 13.0 Å². The molecule has 166 valence electrons. The maximum Gasteiger partial charge on any atom is 0.261 e. The highest BCUT2D eigenvalue weighted by Crippen LogP contribution is 2.26. The number of fused-ring (bicyclic) bond motifs is 1. The first kappa shape index (κ1) is 21.7. The largest absolute Gasteiger partial charge is 0.481 e. The topological polar surface area (TPSA) is 41.6 Å². The fourth-order valence-electron chi connectivity index (χ4n) is 4.82. The minimum Gasteiger partial charge on any atom is -0.481 e. The molecule has 1 N–H and O–H groups in total. The zero-order chi connectivity index (χ0) is 21.6. The minimum absolute atomic E-state index is 0.0471. The van der Waals surface area contributed by atoms with Crippen molar-refractivity contribution in [2.45, 2.75) is 71.4 Å². The third-order valence-electron chi connectivity index (χ3n) is 6.69. The molecule has 1 aliphatic heterocycles. The van der Waals surface area contributed by atoms with Crippen LogP contribution in [0.1, 0.15) is 62.6 Å². The van der Waals surface area contributed by atoms with E-state index >= 15 is 0 Å². The normalized spacial score (nSPS) is 19.4. The van der Waals surface area contributed by atoms with E-state index in [0.717, 1.165) is 43.2 Å². The lowest BCUT2D eigenvalue weighted by Crippen LogP contribution is -2.37. The van der Waals surface area contributed by atoms with E-state index in [1.165, 1.54) is 42.5 Å². The van der Waals surface area contributed by atoms with Gasteiger partial charge in [-0.2, -0.15) is 0 Å². The zero-order valence-corrected chi connectivity index (χ0v) is 19.0. The number of aryl methyl sites for hydroxylation is 2. The van der Waals surface area contributed by atoms with Gasteiger partial charge in [0.15, 0.2) is 6.10 Å². The number of rotatable bonds is 7. The molecule has 2 aromatic rings.